The smallest absolute Gasteiger partial charge is 0.382 e. The van der Waals surface area contributed by atoms with Crippen LogP contribution in [-0.2, 0) is 12.6 Å². The number of rotatable bonds is 3. The summed E-state index contributed by atoms with van der Waals surface area (Å²) in [4.78, 5) is 7.99. The van der Waals surface area contributed by atoms with Crippen LogP contribution in [0.15, 0.2) is 48.7 Å². The molecule has 2 aromatic heterocycles. The molecule has 1 N–H and O–H groups in total. The highest BCUT2D eigenvalue weighted by Crippen LogP contribution is 2.36. The topological polar surface area (TPSA) is 46.0 Å². The second kappa shape index (κ2) is 6.93. The summed E-state index contributed by atoms with van der Waals surface area (Å²) in [6, 6.07) is 11.1. The second-order valence-corrected chi connectivity index (χ2v) is 7.80. The van der Waals surface area contributed by atoms with Gasteiger partial charge in [0.25, 0.3) is 0 Å². The fourth-order valence-corrected chi connectivity index (χ4v) is 3.12. The van der Waals surface area contributed by atoms with Gasteiger partial charge in [0.15, 0.2) is 0 Å². The number of fused-ring (bicyclic) bond motifs is 1. The third kappa shape index (κ3) is 4.27. The first-order valence-corrected chi connectivity index (χ1v) is 8.65. The number of para-hydroxylation sites is 1. The third-order valence-corrected chi connectivity index (χ3v) is 4.23. The van der Waals surface area contributed by atoms with E-state index < -0.39 is 18.0 Å². The van der Waals surface area contributed by atoms with E-state index in [1.807, 2.05) is 20.8 Å². The molecule has 0 radical (unpaired) electrons. The number of hydrogen-bond acceptors (Lipinski definition) is 3. The zero-order chi connectivity index (χ0) is 19.8. The average Bonchev–Trinajstić information content (AvgIpc) is 2.59. The molecule has 3 nitrogen and oxygen atoms in total. The summed E-state index contributed by atoms with van der Waals surface area (Å²) in [6.45, 7) is 6.05. The molecule has 0 fully saturated rings. The first-order chi connectivity index (χ1) is 12.6. The predicted molar refractivity (Wildman–Crippen MR) is 98.2 cm³/mol. The number of halogens is 3. The van der Waals surface area contributed by atoms with Crippen LogP contribution in [0.3, 0.4) is 0 Å². The Morgan fingerprint density at radius 2 is 1.78 bits per heavy atom. The molecule has 0 bridgehead atoms. The van der Waals surface area contributed by atoms with Gasteiger partial charge in [-0.3, -0.25) is 4.98 Å². The molecule has 1 atom stereocenters. The van der Waals surface area contributed by atoms with Gasteiger partial charge in [-0.1, -0.05) is 45.0 Å². The summed E-state index contributed by atoms with van der Waals surface area (Å²) < 4.78 is 40.4. The Labute approximate surface area is 155 Å². The molecule has 2 heterocycles. The predicted octanol–water partition coefficient (Wildman–Crippen LogP) is 5.32. The van der Waals surface area contributed by atoms with Crippen LogP contribution in [0.1, 0.15) is 49.4 Å². The third-order valence-electron chi connectivity index (χ3n) is 4.23. The number of benzene rings is 1. The van der Waals surface area contributed by atoms with Crippen LogP contribution in [0.25, 0.3) is 10.9 Å². The van der Waals surface area contributed by atoms with Crippen molar-refractivity contribution in [3.63, 3.8) is 0 Å². The number of aromatic nitrogens is 2. The lowest BCUT2D eigenvalue weighted by atomic mass is 9.86. The number of nitrogens with zero attached hydrogens (tertiary/aromatic N) is 2. The average molecular weight is 374 g/mol. The Hall–Kier alpha value is -2.47. The van der Waals surface area contributed by atoms with Gasteiger partial charge in [0.1, 0.15) is 11.8 Å². The number of alkyl halides is 3. The summed E-state index contributed by atoms with van der Waals surface area (Å²) >= 11 is 0. The molecule has 0 aliphatic carbocycles. The second-order valence-electron chi connectivity index (χ2n) is 7.80. The molecule has 0 amide bonds. The van der Waals surface area contributed by atoms with Crippen molar-refractivity contribution in [3.05, 3.63) is 71.2 Å². The van der Waals surface area contributed by atoms with E-state index in [1.54, 1.807) is 36.4 Å². The first-order valence-electron chi connectivity index (χ1n) is 8.65. The molecule has 142 valence electrons. The van der Waals surface area contributed by atoms with E-state index in [0.29, 0.717) is 17.5 Å². The molecule has 3 aromatic rings. The zero-order valence-corrected chi connectivity index (χ0v) is 15.4. The van der Waals surface area contributed by atoms with Crippen LogP contribution in [-0.4, -0.2) is 15.1 Å². The van der Waals surface area contributed by atoms with Crippen molar-refractivity contribution in [1.82, 2.24) is 9.97 Å². The Morgan fingerprint density at radius 1 is 1.04 bits per heavy atom. The fraction of sp³-hybridized carbons (Fsp3) is 0.333. The molecular weight excluding hydrogens is 353 g/mol. The van der Waals surface area contributed by atoms with Crippen molar-refractivity contribution in [2.75, 3.05) is 0 Å². The lowest BCUT2D eigenvalue weighted by Crippen LogP contribution is -2.14. The summed E-state index contributed by atoms with van der Waals surface area (Å²) in [5.74, 6) is 0. The Bertz CT molecular complexity index is 947. The molecular formula is C21H21F3N2O. The number of pyridine rings is 2. The maximum absolute atomic E-state index is 13.5. The van der Waals surface area contributed by atoms with Gasteiger partial charge in [-0.15, -0.1) is 0 Å². The molecule has 3 rings (SSSR count). The monoisotopic (exact) mass is 374 g/mol. The Kier molecular flexibility index (Phi) is 4.95. The van der Waals surface area contributed by atoms with E-state index in [2.05, 4.69) is 9.97 Å². The van der Waals surface area contributed by atoms with Crippen LogP contribution < -0.4 is 0 Å². The maximum Gasteiger partial charge on any atom is 0.433 e. The summed E-state index contributed by atoms with van der Waals surface area (Å²) in [7, 11) is 0. The van der Waals surface area contributed by atoms with Gasteiger partial charge in [0.2, 0.25) is 0 Å². The minimum Gasteiger partial charge on any atom is -0.382 e. The standard InChI is InChI=1S/C21H21F3N2O/c1-20(2,3)12-13-7-6-8-14-15(19(27)16-9-4-5-10-25-16)11-17(21(22,23)24)26-18(13)14/h4-11,19,27H,12H2,1-3H3. The van der Waals surface area contributed by atoms with Crippen molar-refractivity contribution >= 4 is 10.9 Å². The van der Waals surface area contributed by atoms with Crippen LogP contribution in [0.5, 0.6) is 0 Å². The fourth-order valence-electron chi connectivity index (χ4n) is 3.12. The maximum atomic E-state index is 13.5. The molecule has 6 heteroatoms. The van der Waals surface area contributed by atoms with Gasteiger partial charge in [-0.2, -0.15) is 13.2 Å². The van der Waals surface area contributed by atoms with Crippen molar-refractivity contribution in [2.24, 2.45) is 5.41 Å². The van der Waals surface area contributed by atoms with Gasteiger partial charge in [-0.05, 0) is 41.2 Å². The summed E-state index contributed by atoms with van der Waals surface area (Å²) in [5.41, 5.74) is 0.305. The lowest BCUT2D eigenvalue weighted by molar-refractivity contribution is -0.141. The molecule has 1 unspecified atom stereocenters. The molecule has 0 aliphatic heterocycles. The highest BCUT2D eigenvalue weighted by Gasteiger charge is 2.34. The van der Waals surface area contributed by atoms with Crippen LogP contribution >= 0.6 is 0 Å². The van der Waals surface area contributed by atoms with Crippen molar-refractivity contribution in [3.8, 4) is 0 Å². The van der Waals surface area contributed by atoms with Gasteiger partial charge in [0, 0.05) is 11.6 Å². The minimum atomic E-state index is -4.61. The Balaban J connectivity index is 2.27. The number of aliphatic hydroxyl groups excluding tert-OH is 1. The van der Waals surface area contributed by atoms with E-state index in [0.717, 1.165) is 11.6 Å². The van der Waals surface area contributed by atoms with E-state index in [-0.39, 0.29) is 16.5 Å². The van der Waals surface area contributed by atoms with Gasteiger partial charge in [-0.25, -0.2) is 4.98 Å². The summed E-state index contributed by atoms with van der Waals surface area (Å²) in [5, 5.41) is 11.2. The van der Waals surface area contributed by atoms with Crippen molar-refractivity contribution < 1.29 is 18.3 Å². The number of aliphatic hydroxyl groups is 1. The van der Waals surface area contributed by atoms with Gasteiger partial charge in [0.05, 0.1) is 11.2 Å². The van der Waals surface area contributed by atoms with Gasteiger partial charge < -0.3 is 5.11 Å². The SMILES string of the molecule is CC(C)(C)Cc1cccc2c(C(O)c3ccccn3)cc(C(F)(F)F)nc12. The molecule has 0 spiro atoms. The number of hydrogen-bond donors (Lipinski definition) is 1. The molecule has 0 aliphatic rings. The van der Waals surface area contributed by atoms with Crippen LogP contribution in [0.2, 0.25) is 0 Å². The van der Waals surface area contributed by atoms with E-state index in [4.69, 9.17) is 0 Å². The minimum absolute atomic E-state index is 0.121. The molecule has 0 saturated carbocycles. The molecule has 27 heavy (non-hydrogen) atoms. The summed E-state index contributed by atoms with van der Waals surface area (Å²) in [6.07, 6.45) is -3.82. The van der Waals surface area contributed by atoms with Crippen LogP contribution in [0, 0.1) is 5.41 Å². The van der Waals surface area contributed by atoms with Gasteiger partial charge >= 0.3 is 6.18 Å². The normalized spacial score (nSPS) is 13.7. The molecule has 0 saturated heterocycles. The first kappa shape index (κ1) is 19.3. The lowest BCUT2D eigenvalue weighted by Gasteiger charge is -2.21. The largest absolute Gasteiger partial charge is 0.433 e. The highest BCUT2D eigenvalue weighted by molar-refractivity contribution is 5.86. The van der Waals surface area contributed by atoms with E-state index in [1.165, 1.54) is 6.20 Å². The van der Waals surface area contributed by atoms with Crippen molar-refractivity contribution in [1.29, 1.82) is 0 Å². The quantitative estimate of drug-likeness (QED) is 0.675. The Morgan fingerprint density at radius 3 is 2.37 bits per heavy atom. The molecule has 1 aromatic carbocycles. The zero-order valence-electron chi connectivity index (χ0n) is 15.4. The van der Waals surface area contributed by atoms with E-state index in [9.17, 15) is 18.3 Å². The van der Waals surface area contributed by atoms with E-state index >= 15 is 0 Å². The van der Waals surface area contributed by atoms with Crippen LogP contribution in [0.4, 0.5) is 13.2 Å². The van der Waals surface area contributed by atoms with Crippen molar-refractivity contribution in [2.45, 2.75) is 39.5 Å². The highest BCUT2D eigenvalue weighted by atomic mass is 19.4.